The van der Waals surface area contributed by atoms with Crippen molar-refractivity contribution in [3.63, 3.8) is 0 Å². The Balaban J connectivity index is 2.12. The van der Waals surface area contributed by atoms with E-state index >= 15 is 0 Å². The van der Waals surface area contributed by atoms with Gasteiger partial charge in [-0.15, -0.1) is 0 Å². The maximum atomic E-state index is 5.32. The van der Waals surface area contributed by atoms with Crippen LogP contribution in [0.3, 0.4) is 0 Å². The minimum Gasteiger partial charge on any atom is -0.497 e. The highest BCUT2D eigenvalue weighted by atomic mass is 16.5. The number of aryl methyl sites for hydroxylation is 1. The fourth-order valence-electron chi connectivity index (χ4n) is 3.40. The minimum atomic E-state index is 0.556. The van der Waals surface area contributed by atoms with Crippen molar-refractivity contribution in [2.75, 3.05) is 25.1 Å². The summed E-state index contributed by atoms with van der Waals surface area (Å²) in [5.74, 6) is 1.60. The first-order valence-corrected chi connectivity index (χ1v) is 8.23. The Morgan fingerprint density at radius 3 is 2.71 bits per heavy atom. The number of nitrogens with one attached hydrogen (secondary N) is 1. The van der Waals surface area contributed by atoms with E-state index in [0.29, 0.717) is 18.0 Å². The summed E-state index contributed by atoms with van der Waals surface area (Å²) in [7, 11) is 1.73. The van der Waals surface area contributed by atoms with Gasteiger partial charge >= 0.3 is 0 Å². The van der Waals surface area contributed by atoms with Gasteiger partial charge in [0.2, 0.25) is 0 Å². The fourth-order valence-corrected chi connectivity index (χ4v) is 3.40. The summed E-state index contributed by atoms with van der Waals surface area (Å²) in [6.07, 6.45) is 2.43. The first-order valence-electron chi connectivity index (χ1n) is 8.23. The molecule has 1 fully saturated rings. The third-order valence-electron chi connectivity index (χ3n) is 4.94. The highest BCUT2D eigenvalue weighted by Crippen LogP contribution is 2.32. The van der Waals surface area contributed by atoms with Crippen molar-refractivity contribution in [2.45, 2.75) is 52.6 Å². The molecule has 0 aliphatic carbocycles. The molecule has 0 radical (unpaired) electrons. The Kier molecular flexibility index (Phi) is 5.51. The molecular formula is C18H30N2O. The number of benzene rings is 1. The molecule has 0 bridgehead atoms. The van der Waals surface area contributed by atoms with Crippen molar-refractivity contribution in [1.29, 1.82) is 0 Å². The number of hydrogen-bond acceptors (Lipinski definition) is 3. The topological polar surface area (TPSA) is 24.5 Å². The zero-order chi connectivity index (χ0) is 15.4. The highest BCUT2D eigenvalue weighted by molar-refractivity contribution is 5.57. The largest absolute Gasteiger partial charge is 0.497 e. The summed E-state index contributed by atoms with van der Waals surface area (Å²) in [5, 5.41) is 3.71. The Morgan fingerprint density at radius 2 is 2.10 bits per heavy atom. The lowest BCUT2D eigenvalue weighted by Crippen LogP contribution is -2.53. The number of hydrogen-bond donors (Lipinski definition) is 1. The molecule has 1 aliphatic heterocycles. The van der Waals surface area contributed by atoms with Crippen LogP contribution in [0, 0.1) is 12.8 Å². The maximum absolute atomic E-state index is 5.32. The van der Waals surface area contributed by atoms with Crippen molar-refractivity contribution < 1.29 is 4.74 Å². The van der Waals surface area contributed by atoms with Gasteiger partial charge in [0.1, 0.15) is 5.75 Å². The van der Waals surface area contributed by atoms with Gasteiger partial charge in [0.25, 0.3) is 0 Å². The van der Waals surface area contributed by atoms with E-state index in [0.717, 1.165) is 18.8 Å². The van der Waals surface area contributed by atoms with E-state index < -0.39 is 0 Å². The first-order chi connectivity index (χ1) is 10.1. The average Bonchev–Trinajstić information content (AvgIpc) is 2.49. The molecule has 2 rings (SSSR count). The molecule has 1 saturated heterocycles. The van der Waals surface area contributed by atoms with Crippen LogP contribution in [0.2, 0.25) is 0 Å². The summed E-state index contributed by atoms with van der Waals surface area (Å²) in [5.41, 5.74) is 2.65. The number of piperidine rings is 1. The quantitative estimate of drug-likeness (QED) is 0.896. The summed E-state index contributed by atoms with van der Waals surface area (Å²) < 4.78 is 5.32. The number of ether oxygens (including phenoxy) is 1. The van der Waals surface area contributed by atoms with Gasteiger partial charge in [-0.25, -0.2) is 0 Å². The highest BCUT2D eigenvalue weighted by Gasteiger charge is 2.32. The van der Waals surface area contributed by atoms with Crippen LogP contribution in [0.1, 0.15) is 39.2 Å². The molecule has 3 atom stereocenters. The predicted octanol–water partition coefficient (Wildman–Crippen LogP) is 3.61. The Bertz CT molecular complexity index is 461. The van der Waals surface area contributed by atoms with Gasteiger partial charge < -0.3 is 15.0 Å². The van der Waals surface area contributed by atoms with Crippen LogP contribution in [0.4, 0.5) is 5.69 Å². The lowest BCUT2D eigenvalue weighted by Gasteiger charge is -2.45. The van der Waals surface area contributed by atoms with E-state index in [-0.39, 0.29) is 0 Å². The fraction of sp³-hybridized carbons (Fsp3) is 0.667. The van der Waals surface area contributed by atoms with Gasteiger partial charge in [0.15, 0.2) is 0 Å². The predicted molar refractivity (Wildman–Crippen MR) is 90.4 cm³/mol. The van der Waals surface area contributed by atoms with Crippen molar-refractivity contribution in [2.24, 2.45) is 5.92 Å². The lowest BCUT2D eigenvalue weighted by atomic mass is 9.86. The summed E-state index contributed by atoms with van der Waals surface area (Å²) >= 11 is 0. The van der Waals surface area contributed by atoms with Crippen molar-refractivity contribution in [1.82, 2.24) is 5.32 Å². The molecule has 1 aromatic rings. The van der Waals surface area contributed by atoms with E-state index in [2.05, 4.69) is 56.1 Å². The molecule has 0 saturated carbocycles. The third-order valence-corrected chi connectivity index (χ3v) is 4.94. The summed E-state index contributed by atoms with van der Waals surface area (Å²) in [6, 6.07) is 7.61. The van der Waals surface area contributed by atoms with E-state index in [1.165, 1.54) is 24.1 Å². The Labute approximate surface area is 129 Å². The van der Waals surface area contributed by atoms with Crippen LogP contribution < -0.4 is 15.0 Å². The Morgan fingerprint density at radius 1 is 1.33 bits per heavy atom. The van der Waals surface area contributed by atoms with Gasteiger partial charge in [-0.2, -0.15) is 0 Å². The number of nitrogens with zero attached hydrogens (tertiary/aromatic N) is 1. The van der Waals surface area contributed by atoms with Crippen LogP contribution in [0.5, 0.6) is 5.75 Å². The lowest BCUT2D eigenvalue weighted by molar-refractivity contribution is 0.271. The molecule has 118 valence electrons. The molecule has 0 amide bonds. The molecule has 0 aromatic heterocycles. The number of methoxy groups -OCH3 is 1. The van der Waals surface area contributed by atoms with Crippen LogP contribution in [-0.4, -0.2) is 32.3 Å². The van der Waals surface area contributed by atoms with Crippen LogP contribution in [0.15, 0.2) is 18.2 Å². The molecule has 1 aliphatic rings. The molecule has 1 heterocycles. The van der Waals surface area contributed by atoms with Crippen LogP contribution in [-0.2, 0) is 0 Å². The SMILES string of the molecule is CCCNC1CCN(c2ccc(OC)cc2C)C(C)C1C. The summed E-state index contributed by atoms with van der Waals surface area (Å²) in [6.45, 7) is 11.4. The molecule has 21 heavy (non-hydrogen) atoms. The normalized spacial score (nSPS) is 26.0. The van der Waals surface area contributed by atoms with Gasteiger partial charge in [-0.05, 0) is 62.9 Å². The molecule has 0 spiro atoms. The van der Waals surface area contributed by atoms with Gasteiger partial charge in [-0.3, -0.25) is 0 Å². The average molecular weight is 290 g/mol. The number of rotatable bonds is 5. The molecule has 1 aromatic carbocycles. The van der Waals surface area contributed by atoms with Gasteiger partial charge in [0.05, 0.1) is 7.11 Å². The van der Waals surface area contributed by atoms with Crippen molar-refractivity contribution in [3.05, 3.63) is 23.8 Å². The van der Waals surface area contributed by atoms with E-state index in [1.54, 1.807) is 7.11 Å². The van der Waals surface area contributed by atoms with E-state index in [1.807, 2.05) is 0 Å². The standard InChI is InChI=1S/C18H30N2O/c1-6-10-19-17-9-11-20(15(4)14(17)3)18-8-7-16(21-5)12-13(18)2/h7-8,12,14-15,17,19H,6,9-11H2,1-5H3. The maximum Gasteiger partial charge on any atom is 0.119 e. The van der Waals surface area contributed by atoms with Gasteiger partial charge in [0, 0.05) is 24.3 Å². The van der Waals surface area contributed by atoms with E-state index in [9.17, 15) is 0 Å². The minimum absolute atomic E-state index is 0.556. The second kappa shape index (κ2) is 7.17. The molecule has 3 nitrogen and oxygen atoms in total. The van der Waals surface area contributed by atoms with Crippen LogP contribution in [0.25, 0.3) is 0 Å². The Hall–Kier alpha value is -1.22. The molecule has 3 unspecified atom stereocenters. The monoisotopic (exact) mass is 290 g/mol. The van der Waals surface area contributed by atoms with Crippen molar-refractivity contribution >= 4 is 5.69 Å². The van der Waals surface area contributed by atoms with E-state index in [4.69, 9.17) is 4.74 Å². The molecule has 1 N–H and O–H groups in total. The molecular weight excluding hydrogens is 260 g/mol. The smallest absolute Gasteiger partial charge is 0.119 e. The third kappa shape index (κ3) is 3.52. The summed E-state index contributed by atoms with van der Waals surface area (Å²) in [4.78, 5) is 2.56. The first kappa shape index (κ1) is 16.2. The number of anilines is 1. The zero-order valence-corrected chi connectivity index (χ0v) is 14.1. The van der Waals surface area contributed by atoms with Crippen molar-refractivity contribution in [3.8, 4) is 5.75 Å². The zero-order valence-electron chi connectivity index (χ0n) is 14.1. The second-order valence-corrected chi connectivity index (χ2v) is 6.29. The molecule has 3 heteroatoms. The van der Waals surface area contributed by atoms with Gasteiger partial charge in [-0.1, -0.05) is 13.8 Å². The second-order valence-electron chi connectivity index (χ2n) is 6.29. The van der Waals surface area contributed by atoms with Crippen LogP contribution >= 0.6 is 0 Å².